The molecule has 0 radical (unpaired) electrons. The number of benzene rings is 1. The van der Waals surface area contributed by atoms with Crippen molar-refractivity contribution < 1.29 is 9.53 Å². The predicted molar refractivity (Wildman–Crippen MR) is 68.3 cm³/mol. The third-order valence-electron chi connectivity index (χ3n) is 2.25. The molecular formula is C11H13BrClNO2. The number of amides is 1. The number of hydrogen-bond acceptors (Lipinski definition) is 2. The summed E-state index contributed by atoms with van der Waals surface area (Å²) in [5, 5.41) is -0.437. The Morgan fingerprint density at radius 2 is 2.25 bits per heavy atom. The lowest BCUT2D eigenvalue weighted by Gasteiger charge is -2.13. The van der Waals surface area contributed by atoms with Crippen LogP contribution in [0.3, 0.4) is 0 Å². The van der Waals surface area contributed by atoms with Crippen LogP contribution in [0, 0.1) is 0 Å². The molecule has 0 fully saturated rings. The highest BCUT2D eigenvalue weighted by atomic mass is 79.9. The van der Waals surface area contributed by atoms with Gasteiger partial charge in [0.2, 0.25) is 0 Å². The minimum absolute atomic E-state index is 0.437. The molecule has 1 amide bonds. The zero-order valence-corrected chi connectivity index (χ0v) is 11.5. The van der Waals surface area contributed by atoms with Gasteiger partial charge < -0.3 is 9.64 Å². The van der Waals surface area contributed by atoms with Gasteiger partial charge in [0.25, 0.3) is 0 Å². The van der Waals surface area contributed by atoms with Crippen LogP contribution in [0.15, 0.2) is 22.7 Å². The fourth-order valence-corrected chi connectivity index (χ4v) is 1.92. The Bertz CT molecular complexity index is 384. The van der Waals surface area contributed by atoms with E-state index in [1.165, 1.54) is 4.90 Å². The molecule has 0 aliphatic heterocycles. The molecule has 0 saturated heterocycles. The van der Waals surface area contributed by atoms with E-state index in [1.54, 1.807) is 14.2 Å². The third-order valence-corrected chi connectivity index (χ3v) is 3.16. The van der Waals surface area contributed by atoms with Gasteiger partial charge in [-0.2, -0.15) is 0 Å². The third kappa shape index (κ3) is 3.68. The minimum Gasteiger partial charge on any atom is -0.496 e. The smallest absolute Gasteiger partial charge is 0.316 e. The van der Waals surface area contributed by atoms with Crippen molar-refractivity contribution in [2.75, 3.05) is 20.7 Å². The van der Waals surface area contributed by atoms with Crippen molar-refractivity contribution in [3.63, 3.8) is 0 Å². The van der Waals surface area contributed by atoms with E-state index in [0.717, 1.165) is 22.2 Å². The van der Waals surface area contributed by atoms with Crippen molar-refractivity contribution in [2.45, 2.75) is 6.42 Å². The molecule has 0 spiro atoms. The van der Waals surface area contributed by atoms with Gasteiger partial charge in [0.1, 0.15) is 5.75 Å². The lowest BCUT2D eigenvalue weighted by molar-refractivity contribution is 0.232. The van der Waals surface area contributed by atoms with Gasteiger partial charge in [-0.1, -0.05) is 6.07 Å². The molecule has 5 heteroatoms. The largest absolute Gasteiger partial charge is 0.496 e. The first-order valence-electron chi connectivity index (χ1n) is 4.77. The van der Waals surface area contributed by atoms with Gasteiger partial charge in [-0.3, -0.25) is 4.79 Å². The standard InChI is InChI=1S/C11H13BrClNO2/c1-14(11(13)15)6-5-8-3-4-10(16-2)9(12)7-8/h3-4,7H,5-6H2,1-2H3. The maximum atomic E-state index is 10.8. The average Bonchev–Trinajstić information content (AvgIpc) is 2.25. The summed E-state index contributed by atoms with van der Waals surface area (Å²) in [5.41, 5.74) is 1.12. The second-order valence-electron chi connectivity index (χ2n) is 3.39. The monoisotopic (exact) mass is 305 g/mol. The lowest BCUT2D eigenvalue weighted by Crippen LogP contribution is -2.23. The molecular weight excluding hydrogens is 293 g/mol. The first-order chi connectivity index (χ1) is 7.54. The van der Waals surface area contributed by atoms with E-state index in [9.17, 15) is 4.79 Å². The van der Waals surface area contributed by atoms with Crippen molar-refractivity contribution in [3.8, 4) is 5.75 Å². The number of nitrogens with zero attached hydrogens (tertiary/aromatic N) is 1. The molecule has 0 heterocycles. The number of hydrogen-bond donors (Lipinski definition) is 0. The summed E-state index contributed by atoms with van der Waals surface area (Å²) in [7, 11) is 3.30. The maximum absolute atomic E-state index is 10.8. The van der Waals surface area contributed by atoms with Gasteiger partial charge >= 0.3 is 5.37 Å². The molecule has 1 aromatic rings. The van der Waals surface area contributed by atoms with Gasteiger partial charge in [-0.15, -0.1) is 0 Å². The van der Waals surface area contributed by atoms with E-state index < -0.39 is 5.37 Å². The molecule has 88 valence electrons. The van der Waals surface area contributed by atoms with E-state index in [2.05, 4.69) is 15.9 Å². The summed E-state index contributed by atoms with van der Waals surface area (Å²) in [6.07, 6.45) is 0.761. The average molecular weight is 307 g/mol. The van der Waals surface area contributed by atoms with E-state index >= 15 is 0 Å². The van der Waals surface area contributed by atoms with Crippen LogP contribution in [-0.2, 0) is 6.42 Å². The Hall–Kier alpha value is -0.740. The van der Waals surface area contributed by atoms with Gasteiger partial charge in [-0.05, 0) is 51.6 Å². The van der Waals surface area contributed by atoms with Crippen LogP contribution in [-0.4, -0.2) is 31.0 Å². The number of halogens is 2. The zero-order chi connectivity index (χ0) is 12.1. The molecule has 3 nitrogen and oxygen atoms in total. The SMILES string of the molecule is COc1ccc(CCN(C)C(=O)Cl)cc1Br. The van der Waals surface area contributed by atoms with Crippen LogP contribution >= 0.6 is 27.5 Å². The van der Waals surface area contributed by atoms with Crippen molar-refractivity contribution >= 4 is 32.9 Å². The highest BCUT2D eigenvalue weighted by molar-refractivity contribution is 9.10. The van der Waals surface area contributed by atoms with Crippen LogP contribution < -0.4 is 4.74 Å². The van der Waals surface area contributed by atoms with E-state index in [0.29, 0.717) is 6.54 Å². The van der Waals surface area contributed by atoms with Gasteiger partial charge in [0.15, 0.2) is 0 Å². The highest BCUT2D eigenvalue weighted by Crippen LogP contribution is 2.25. The Morgan fingerprint density at radius 3 is 2.75 bits per heavy atom. The molecule has 0 aliphatic rings. The first kappa shape index (κ1) is 13.3. The van der Waals surface area contributed by atoms with Gasteiger partial charge in [0, 0.05) is 13.6 Å². The second kappa shape index (κ2) is 6.11. The number of carbonyl (C=O) groups excluding carboxylic acids is 1. The normalized spacial score (nSPS) is 10.0. The fraction of sp³-hybridized carbons (Fsp3) is 0.364. The molecule has 0 atom stereocenters. The van der Waals surface area contributed by atoms with Crippen molar-refractivity contribution in [1.29, 1.82) is 0 Å². The number of rotatable bonds is 4. The zero-order valence-electron chi connectivity index (χ0n) is 9.17. The second-order valence-corrected chi connectivity index (χ2v) is 4.57. The van der Waals surface area contributed by atoms with E-state index in [-0.39, 0.29) is 0 Å². The van der Waals surface area contributed by atoms with Crippen LogP contribution in [0.1, 0.15) is 5.56 Å². The van der Waals surface area contributed by atoms with Crippen molar-refractivity contribution in [3.05, 3.63) is 28.2 Å². The fourth-order valence-electron chi connectivity index (χ4n) is 1.25. The summed E-state index contributed by atoms with van der Waals surface area (Å²) in [4.78, 5) is 12.3. The Kier molecular flexibility index (Phi) is 5.09. The molecule has 0 aliphatic carbocycles. The van der Waals surface area contributed by atoms with E-state index in [1.807, 2.05) is 18.2 Å². The van der Waals surface area contributed by atoms with Crippen molar-refractivity contribution in [2.24, 2.45) is 0 Å². The van der Waals surface area contributed by atoms with Crippen LogP contribution in [0.2, 0.25) is 0 Å². The summed E-state index contributed by atoms with van der Waals surface area (Å²) in [6.45, 7) is 0.598. The van der Waals surface area contributed by atoms with Crippen LogP contribution in [0.4, 0.5) is 4.79 Å². The molecule has 1 aromatic carbocycles. The first-order valence-corrected chi connectivity index (χ1v) is 5.94. The number of carbonyl (C=O) groups is 1. The summed E-state index contributed by atoms with van der Waals surface area (Å²) >= 11 is 8.74. The summed E-state index contributed by atoms with van der Waals surface area (Å²) in [6, 6.07) is 5.84. The summed E-state index contributed by atoms with van der Waals surface area (Å²) in [5.74, 6) is 0.797. The Labute approximate surface area is 108 Å². The van der Waals surface area contributed by atoms with E-state index in [4.69, 9.17) is 16.3 Å². The van der Waals surface area contributed by atoms with Crippen LogP contribution in [0.5, 0.6) is 5.75 Å². The molecule has 0 N–H and O–H groups in total. The molecule has 0 aromatic heterocycles. The highest BCUT2D eigenvalue weighted by Gasteiger charge is 2.06. The molecule has 16 heavy (non-hydrogen) atoms. The summed E-state index contributed by atoms with van der Waals surface area (Å²) < 4.78 is 6.04. The minimum atomic E-state index is -0.437. The van der Waals surface area contributed by atoms with Crippen LogP contribution in [0.25, 0.3) is 0 Å². The van der Waals surface area contributed by atoms with Crippen molar-refractivity contribution in [1.82, 2.24) is 4.90 Å². The van der Waals surface area contributed by atoms with Gasteiger partial charge in [-0.25, -0.2) is 0 Å². The van der Waals surface area contributed by atoms with Gasteiger partial charge in [0.05, 0.1) is 11.6 Å². The predicted octanol–water partition coefficient (Wildman–Crippen LogP) is 3.29. The molecule has 0 bridgehead atoms. The Morgan fingerprint density at radius 1 is 1.56 bits per heavy atom. The molecule has 1 rings (SSSR count). The quantitative estimate of drug-likeness (QED) is 0.631. The topological polar surface area (TPSA) is 29.5 Å². The molecule has 0 saturated carbocycles. The Balaban J connectivity index is 2.62. The number of likely N-dealkylation sites (N-methyl/N-ethyl adjacent to an activating group) is 1. The number of methoxy groups -OCH3 is 1. The lowest BCUT2D eigenvalue weighted by atomic mass is 10.1. The number of ether oxygens (including phenoxy) is 1. The molecule has 0 unspecified atom stereocenters. The maximum Gasteiger partial charge on any atom is 0.316 e.